The van der Waals surface area contributed by atoms with Crippen LogP contribution in [-0.4, -0.2) is 35.8 Å². The lowest BCUT2D eigenvalue weighted by Crippen LogP contribution is -2.46. The quantitative estimate of drug-likeness (QED) is 0.623. The van der Waals surface area contributed by atoms with Crippen LogP contribution in [0.15, 0.2) is 29.6 Å². The van der Waals surface area contributed by atoms with Gasteiger partial charge in [-0.2, -0.15) is 0 Å². The molecule has 0 saturated carbocycles. The third-order valence-electron chi connectivity index (χ3n) is 3.58. The second kappa shape index (κ2) is 5.78. The predicted octanol–water partition coefficient (Wildman–Crippen LogP) is 3.21. The maximum absolute atomic E-state index is 12.8. The molecule has 1 aromatic carbocycles. The Bertz CT molecular complexity index is 732. The van der Waals surface area contributed by atoms with E-state index in [9.17, 15) is 4.79 Å². The van der Waals surface area contributed by atoms with E-state index in [0.29, 0.717) is 28.2 Å². The monoisotopic (exact) mass is 334 g/mol. The molecule has 0 atom stereocenters. The summed E-state index contributed by atoms with van der Waals surface area (Å²) < 4.78 is 0. The summed E-state index contributed by atoms with van der Waals surface area (Å²) in [4.78, 5) is 25.1. The van der Waals surface area contributed by atoms with Gasteiger partial charge < -0.3 is 4.90 Å². The van der Waals surface area contributed by atoms with Crippen molar-refractivity contribution >= 4 is 40.8 Å². The lowest BCUT2D eigenvalue weighted by Gasteiger charge is -2.35. The SMILES string of the molecule is CSc1ncc2c(n1)N(C)CN(c1c(C)cccc1Cl)C2=O. The van der Waals surface area contributed by atoms with Crippen LogP contribution >= 0.6 is 23.4 Å². The molecule has 7 heteroatoms. The molecule has 0 radical (unpaired) electrons. The summed E-state index contributed by atoms with van der Waals surface area (Å²) in [6.07, 6.45) is 3.50. The van der Waals surface area contributed by atoms with Crippen LogP contribution in [-0.2, 0) is 0 Å². The van der Waals surface area contributed by atoms with Crippen LogP contribution in [0.3, 0.4) is 0 Å². The number of carbonyl (C=O) groups is 1. The van der Waals surface area contributed by atoms with Gasteiger partial charge in [0.1, 0.15) is 11.4 Å². The Morgan fingerprint density at radius 3 is 2.82 bits per heavy atom. The first-order chi connectivity index (χ1) is 10.5. The largest absolute Gasteiger partial charge is 0.341 e. The van der Waals surface area contributed by atoms with Gasteiger partial charge in [-0.05, 0) is 24.8 Å². The molecule has 0 fully saturated rings. The topological polar surface area (TPSA) is 49.3 Å². The van der Waals surface area contributed by atoms with Gasteiger partial charge in [0.25, 0.3) is 5.91 Å². The summed E-state index contributed by atoms with van der Waals surface area (Å²) in [6.45, 7) is 2.35. The second-order valence-corrected chi connectivity index (χ2v) is 6.25. The Balaban J connectivity index is 2.09. The summed E-state index contributed by atoms with van der Waals surface area (Å²) in [5, 5.41) is 1.22. The molecule has 1 aromatic heterocycles. The average Bonchev–Trinajstić information content (AvgIpc) is 2.51. The number of nitrogens with zero attached hydrogens (tertiary/aromatic N) is 4. The van der Waals surface area contributed by atoms with Crippen molar-refractivity contribution in [2.45, 2.75) is 12.1 Å². The van der Waals surface area contributed by atoms with Crippen LogP contribution in [0.25, 0.3) is 0 Å². The molecule has 1 aliphatic heterocycles. The van der Waals surface area contributed by atoms with Crippen LogP contribution in [0.1, 0.15) is 15.9 Å². The van der Waals surface area contributed by atoms with Crippen LogP contribution in [0.2, 0.25) is 5.02 Å². The molecule has 114 valence electrons. The van der Waals surface area contributed by atoms with E-state index in [0.717, 1.165) is 11.3 Å². The molecule has 3 rings (SSSR count). The van der Waals surface area contributed by atoms with E-state index in [1.807, 2.05) is 37.3 Å². The number of carbonyl (C=O) groups excluding carboxylic acids is 1. The highest BCUT2D eigenvalue weighted by Gasteiger charge is 2.32. The smallest absolute Gasteiger partial charge is 0.265 e. The normalized spacial score (nSPS) is 14.3. The molecule has 0 spiro atoms. The van der Waals surface area contributed by atoms with Crippen molar-refractivity contribution in [3.63, 3.8) is 0 Å². The van der Waals surface area contributed by atoms with E-state index in [-0.39, 0.29) is 5.91 Å². The van der Waals surface area contributed by atoms with Crippen molar-refractivity contribution in [1.29, 1.82) is 0 Å². The summed E-state index contributed by atoms with van der Waals surface area (Å²) in [5.41, 5.74) is 2.19. The molecule has 0 unspecified atom stereocenters. The second-order valence-electron chi connectivity index (χ2n) is 5.07. The van der Waals surface area contributed by atoms with Gasteiger partial charge in [-0.3, -0.25) is 9.69 Å². The molecule has 2 aromatic rings. The van der Waals surface area contributed by atoms with Gasteiger partial charge in [0.2, 0.25) is 0 Å². The van der Waals surface area contributed by atoms with Crippen molar-refractivity contribution in [2.75, 3.05) is 29.8 Å². The van der Waals surface area contributed by atoms with Crippen molar-refractivity contribution in [2.24, 2.45) is 0 Å². The van der Waals surface area contributed by atoms with Gasteiger partial charge in [0.15, 0.2) is 5.16 Å². The van der Waals surface area contributed by atoms with E-state index in [1.54, 1.807) is 17.2 Å². The number of benzene rings is 1. The standard InChI is InChI=1S/C15H15ClN4OS/c1-9-5-4-6-11(16)12(9)20-8-19(2)13-10(14(20)21)7-17-15(18-13)22-3/h4-7H,8H2,1-3H3. The van der Waals surface area contributed by atoms with Crippen LogP contribution < -0.4 is 9.80 Å². The maximum atomic E-state index is 12.8. The number of thioether (sulfide) groups is 1. The molecule has 1 aliphatic rings. The Labute approximate surface area is 138 Å². The number of halogens is 1. The van der Waals surface area contributed by atoms with Crippen LogP contribution in [0, 0.1) is 6.92 Å². The summed E-state index contributed by atoms with van der Waals surface area (Å²) >= 11 is 7.76. The minimum atomic E-state index is -0.128. The molecule has 1 amide bonds. The summed E-state index contributed by atoms with van der Waals surface area (Å²) in [7, 11) is 1.90. The number of para-hydroxylation sites is 1. The van der Waals surface area contributed by atoms with Crippen LogP contribution in [0.5, 0.6) is 0 Å². The molecule has 5 nitrogen and oxygen atoms in total. The van der Waals surface area contributed by atoms with E-state index < -0.39 is 0 Å². The lowest BCUT2D eigenvalue weighted by molar-refractivity contribution is 0.0981. The highest BCUT2D eigenvalue weighted by Crippen LogP contribution is 2.34. The number of hydrogen-bond acceptors (Lipinski definition) is 5. The Kier molecular flexibility index (Phi) is 3.97. The number of aryl methyl sites for hydroxylation is 1. The molecule has 0 saturated heterocycles. The Hall–Kier alpha value is -1.79. The molecular formula is C15H15ClN4OS. The maximum Gasteiger partial charge on any atom is 0.265 e. The predicted molar refractivity (Wildman–Crippen MR) is 90.1 cm³/mol. The van der Waals surface area contributed by atoms with Gasteiger partial charge in [-0.15, -0.1) is 0 Å². The highest BCUT2D eigenvalue weighted by atomic mass is 35.5. The fourth-order valence-corrected chi connectivity index (χ4v) is 3.18. The molecule has 0 N–H and O–H groups in total. The molecule has 22 heavy (non-hydrogen) atoms. The zero-order valence-corrected chi connectivity index (χ0v) is 14.1. The van der Waals surface area contributed by atoms with Crippen molar-refractivity contribution < 1.29 is 4.79 Å². The Morgan fingerprint density at radius 2 is 2.14 bits per heavy atom. The fraction of sp³-hybridized carbons (Fsp3) is 0.267. The van der Waals surface area contributed by atoms with Crippen molar-refractivity contribution in [3.05, 3.63) is 40.5 Å². The van der Waals surface area contributed by atoms with E-state index in [1.165, 1.54) is 11.8 Å². The number of rotatable bonds is 2. The average molecular weight is 335 g/mol. The molecule has 2 heterocycles. The van der Waals surface area contributed by atoms with Crippen molar-refractivity contribution in [1.82, 2.24) is 9.97 Å². The lowest BCUT2D eigenvalue weighted by atomic mass is 10.1. The Morgan fingerprint density at radius 1 is 1.36 bits per heavy atom. The first-order valence-corrected chi connectivity index (χ1v) is 8.32. The summed E-state index contributed by atoms with van der Waals surface area (Å²) in [6, 6.07) is 5.61. The number of fused-ring (bicyclic) bond motifs is 1. The van der Waals surface area contributed by atoms with Crippen molar-refractivity contribution in [3.8, 4) is 0 Å². The number of hydrogen-bond donors (Lipinski definition) is 0. The zero-order valence-electron chi connectivity index (χ0n) is 12.5. The first-order valence-electron chi connectivity index (χ1n) is 6.72. The number of aromatic nitrogens is 2. The number of amides is 1. The van der Waals surface area contributed by atoms with Gasteiger partial charge in [0.05, 0.1) is 17.4 Å². The molecular weight excluding hydrogens is 320 g/mol. The van der Waals surface area contributed by atoms with Gasteiger partial charge in [-0.25, -0.2) is 9.97 Å². The molecule has 0 bridgehead atoms. The van der Waals surface area contributed by atoms with E-state index >= 15 is 0 Å². The zero-order chi connectivity index (χ0) is 15.9. The molecule has 0 aliphatic carbocycles. The summed E-state index contributed by atoms with van der Waals surface area (Å²) in [5.74, 6) is 0.530. The minimum absolute atomic E-state index is 0.128. The third kappa shape index (κ3) is 2.42. The van der Waals surface area contributed by atoms with Gasteiger partial charge in [0, 0.05) is 13.2 Å². The van der Waals surface area contributed by atoms with Gasteiger partial charge in [-0.1, -0.05) is 35.5 Å². The third-order valence-corrected chi connectivity index (χ3v) is 4.45. The number of anilines is 2. The van der Waals surface area contributed by atoms with Gasteiger partial charge >= 0.3 is 0 Å². The van der Waals surface area contributed by atoms with E-state index in [4.69, 9.17) is 11.6 Å². The highest BCUT2D eigenvalue weighted by molar-refractivity contribution is 7.98. The van der Waals surface area contributed by atoms with Crippen LogP contribution in [0.4, 0.5) is 11.5 Å². The minimum Gasteiger partial charge on any atom is -0.341 e. The first kappa shape index (κ1) is 15.1. The fourth-order valence-electron chi connectivity index (χ4n) is 2.52. The van der Waals surface area contributed by atoms with E-state index in [2.05, 4.69) is 9.97 Å².